The van der Waals surface area contributed by atoms with Crippen LogP contribution in [0.25, 0.3) is 0 Å². The SMILES string of the molecule is CNC(=S)C1c2cc([N+](=O)[O-])ccc2OC(C)(COC)C1O. The number of nitro groups is 1. The fourth-order valence-electron chi connectivity index (χ4n) is 2.66. The molecule has 0 aliphatic carbocycles. The van der Waals surface area contributed by atoms with Crippen molar-refractivity contribution in [2.24, 2.45) is 0 Å². The second-order valence-electron chi connectivity index (χ2n) is 5.36. The molecule has 3 atom stereocenters. The standard InChI is InChI=1S/C14H18N2O5S/c1-14(7-20-3)12(17)11(13(22)15-2)9-6-8(16(18)19)4-5-10(9)21-14/h4-6,11-12,17H,7H2,1-3H3,(H,15,22). The smallest absolute Gasteiger partial charge is 0.269 e. The average molecular weight is 326 g/mol. The number of benzene rings is 1. The van der Waals surface area contributed by atoms with Crippen LogP contribution in [0.4, 0.5) is 5.69 Å². The molecule has 1 aliphatic heterocycles. The van der Waals surface area contributed by atoms with Gasteiger partial charge >= 0.3 is 0 Å². The van der Waals surface area contributed by atoms with Gasteiger partial charge in [0.25, 0.3) is 5.69 Å². The molecule has 2 rings (SSSR count). The molecule has 120 valence electrons. The second kappa shape index (κ2) is 6.15. The van der Waals surface area contributed by atoms with Gasteiger partial charge in [-0.15, -0.1) is 0 Å². The minimum atomic E-state index is -0.998. The number of aliphatic hydroxyl groups excluding tert-OH is 1. The zero-order chi connectivity index (χ0) is 16.5. The molecule has 3 unspecified atom stereocenters. The number of nitrogens with one attached hydrogen (secondary N) is 1. The Morgan fingerprint density at radius 2 is 2.32 bits per heavy atom. The molecule has 0 fully saturated rings. The highest BCUT2D eigenvalue weighted by atomic mass is 32.1. The third kappa shape index (κ3) is 2.77. The summed E-state index contributed by atoms with van der Waals surface area (Å²) in [4.78, 5) is 10.9. The highest BCUT2D eigenvalue weighted by Crippen LogP contribution is 2.43. The predicted octanol–water partition coefficient (Wildman–Crippen LogP) is 1.38. The van der Waals surface area contributed by atoms with Gasteiger partial charge in [0.15, 0.2) is 5.60 Å². The van der Waals surface area contributed by atoms with E-state index in [1.165, 1.54) is 25.3 Å². The first-order chi connectivity index (χ1) is 10.3. The lowest BCUT2D eigenvalue weighted by molar-refractivity contribution is -0.385. The van der Waals surface area contributed by atoms with Crippen molar-refractivity contribution >= 4 is 22.9 Å². The summed E-state index contributed by atoms with van der Waals surface area (Å²) < 4.78 is 11.0. The fraction of sp³-hybridized carbons (Fsp3) is 0.500. The first kappa shape index (κ1) is 16.6. The monoisotopic (exact) mass is 326 g/mol. The largest absolute Gasteiger partial charge is 0.482 e. The Kier molecular flexibility index (Phi) is 4.64. The maximum Gasteiger partial charge on any atom is 0.269 e. The maximum absolute atomic E-state index is 11.0. The van der Waals surface area contributed by atoms with E-state index in [2.05, 4.69) is 5.32 Å². The van der Waals surface area contributed by atoms with Gasteiger partial charge in [0, 0.05) is 31.9 Å². The van der Waals surface area contributed by atoms with Gasteiger partial charge in [0.05, 0.1) is 22.4 Å². The van der Waals surface area contributed by atoms with Gasteiger partial charge in [-0.05, 0) is 13.0 Å². The topological polar surface area (TPSA) is 93.9 Å². The highest BCUT2D eigenvalue weighted by Gasteiger charge is 2.48. The molecule has 1 aromatic carbocycles. The summed E-state index contributed by atoms with van der Waals surface area (Å²) in [5.74, 6) is -0.151. The van der Waals surface area contributed by atoms with E-state index in [9.17, 15) is 15.2 Å². The van der Waals surface area contributed by atoms with Crippen molar-refractivity contribution in [1.82, 2.24) is 5.32 Å². The summed E-state index contributed by atoms with van der Waals surface area (Å²) in [6.45, 7) is 1.88. The van der Waals surface area contributed by atoms with Crippen LogP contribution in [0.1, 0.15) is 18.4 Å². The Balaban J connectivity index is 2.57. The molecule has 1 aliphatic rings. The number of aliphatic hydroxyl groups is 1. The van der Waals surface area contributed by atoms with E-state index in [1.807, 2.05) is 0 Å². The maximum atomic E-state index is 11.0. The van der Waals surface area contributed by atoms with Crippen LogP contribution in [0, 0.1) is 10.1 Å². The molecule has 1 aromatic rings. The third-order valence-corrected chi connectivity index (χ3v) is 4.24. The van der Waals surface area contributed by atoms with E-state index in [4.69, 9.17) is 21.7 Å². The molecule has 0 bridgehead atoms. The number of rotatable bonds is 4. The van der Waals surface area contributed by atoms with Crippen molar-refractivity contribution in [2.45, 2.75) is 24.5 Å². The summed E-state index contributed by atoms with van der Waals surface area (Å²) in [7, 11) is 3.16. The molecule has 2 N–H and O–H groups in total. The number of fused-ring (bicyclic) bond motifs is 1. The van der Waals surface area contributed by atoms with Crippen LogP contribution < -0.4 is 10.1 Å². The molecule has 0 amide bonds. The number of ether oxygens (including phenoxy) is 2. The molecule has 7 nitrogen and oxygen atoms in total. The summed E-state index contributed by atoms with van der Waals surface area (Å²) in [6, 6.07) is 4.28. The Morgan fingerprint density at radius 1 is 1.64 bits per heavy atom. The molecule has 0 aromatic heterocycles. The first-order valence-electron chi connectivity index (χ1n) is 6.70. The number of nitro benzene ring substituents is 1. The van der Waals surface area contributed by atoms with Crippen molar-refractivity contribution in [1.29, 1.82) is 0 Å². The fourth-order valence-corrected chi connectivity index (χ4v) is 2.92. The van der Waals surface area contributed by atoms with E-state index in [0.717, 1.165) is 0 Å². The van der Waals surface area contributed by atoms with Gasteiger partial charge in [0.2, 0.25) is 0 Å². The molecule has 0 saturated heterocycles. The van der Waals surface area contributed by atoms with Gasteiger partial charge < -0.3 is 19.9 Å². The predicted molar refractivity (Wildman–Crippen MR) is 84.4 cm³/mol. The van der Waals surface area contributed by atoms with Gasteiger partial charge in [-0.1, -0.05) is 12.2 Å². The number of methoxy groups -OCH3 is 1. The van der Waals surface area contributed by atoms with Crippen LogP contribution in [-0.4, -0.2) is 47.5 Å². The Morgan fingerprint density at radius 3 is 2.86 bits per heavy atom. The number of hydrogen-bond donors (Lipinski definition) is 2. The third-order valence-electron chi connectivity index (χ3n) is 3.78. The normalized spacial score (nSPS) is 26.7. The Hall–Kier alpha value is -1.77. The van der Waals surface area contributed by atoms with Crippen molar-refractivity contribution < 1.29 is 19.5 Å². The van der Waals surface area contributed by atoms with Crippen molar-refractivity contribution in [3.8, 4) is 5.75 Å². The van der Waals surface area contributed by atoms with Crippen LogP contribution in [0.15, 0.2) is 18.2 Å². The zero-order valence-corrected chi connectivity index (χ0v) is 13.3. The van der Waals surface area contributed by atoms with Crippen LogP contribution in [0.3, 0.4) is 0 Å². The molecular weight excluding hydrogens is 308 g/mol. The molecule has 0 radical (unpaired) electrons. The molecular formula is C14H18N2O5S. The van der Waals surface area contributed by atoms with E-state index in [-0.39, 0.29) is 12.3 Å². The van der Waals surface area contributed by atoms with Crippen LogP contribution >= 0.6 is 12.2 Å². The van der Waals surface area contributed by atoms with Crippen molar-refractivity contribution in [2.75, 3.05) is 20.8 Å². The summed E-state index contributed by atoms with van der Waals surface area (Å²) in [6.07, 6.45) is -0.998. The lowest BCUT2D eigenvalue weighted by Crippen LogP contribution is -2.56. The Labute approximate surface area is 133 Å². The van der Waals surface area contributed by atoms with Gasteiger partial charge in [-0.2, -0.15) is 0 Å². The molecule has 22 heavy (non-hydrogen) atoms. The van der Waals surface area contributed by atoms with Gasteiger partial charge in [-0.25, -0.2) is 0 Å². The first-order valence-corrected chi connectivity index (χ1v) is 7.11. The number of non-ortho nitro benzene ring substituents is 1. The zero-order valence-electron chi connectivity index (χ0n) is 12.5. The molecule has 0 saturated carbocycles. The molecule has 0 spiro atoms. The minimum Gasteiger partial charge on any atom is -0.482 e. The van der Waals surface area contributed by atoms with E-state index < -0.39 is 22.5 Å². The molecule has 1 heterocycles. The van der Waals surface area contributed by atoms with Crippen LogP contribution in [0.2, 0.25) is 0 Å². The second-order valence-corrected chi connectivity index (χ2v) is 5.80. The number of hydrogen-bond acceptors (Lipinski definition) is 6. The molecule has 8 heteroatoms. The van der Waals surface area contributed by atoms with E-state index in [1.54, 1.807) is 14.0 Å². The van der Waals surface area contributed by atoms with Crippen molar-refractivity contribution in [3.05, 3.63) is 33.9 Å². The number of nitrogens with zero attached hydrogens (tertiary/aromatic N) is 1. The lowest BCUT2D eigenvalue weighted by Gasteiger charge is -2.43. The number of likely N-dealkylation sites (N-methyl/N-ethyl adjacent to an activating group) is 1. The Bertz CT molecular complexity index is 609. The summed E-state index contributed by atoms with van der Waals surface area (Å²) in [5, 5.41) is 24.5. The lowest BCUT2D eigenvalue weighted by atomic mass is 9.80. The van der Waals surface area contributed by atoms with Crippen LogP contribution in [-0.2, 0) is 4.74 Å². The minimum absolute atomic E-state index is 0.0752. The summed E-state index contributed by atoms with van der Waals surface area (Å²) >= 11 is 5.29. The van der Waals surface area contributed by atoms with E-state index >= 15 is 0 Å². The van der Waals surface area contributed by atoms with Gasteiger partial charge in [0.1, 0.15) is 11.9 Å². The van der Waals surface area contributed by atoms with Gasteiger partial charge in [-0.3, -0.25) is 10.1 Å². The average Bonchev–Trinajstić information content (AvgIpc) is 2.47. The van der Waals surface area contributed by atoms with Crippen LogP contribution in [0.5, 0.6) is 5.75 Å². The number of thiocarbonyl (C=S) groups is 1. The highest BCUT2D eigenvalue weighted by molar-refractivity contribution is 7.80. The summed E-state index contributed by atoms with van der Waals surface area (Å²) in [5.41, 5.74) is -0.577. The van der Waals surface area contributed by atoms with Crippen molar-refractivity contribution in [3.63, 3.8) is 0 Å². The van der Waals surface area contributed by atoms with E-state index in [0.29, 0.717) is 16.3 Å². The quantitative estimate of drug-likeness (QED) is 0.490.